The van der Waals surface area contributed by atoms with Crippen molar-refractivity contribution in [2.45, 2.75) is 25.3 Å². The molecule has 3 rings (SSSR count). The lowest BCUT2D eigenvalue weighted by Crippen LogP contribution is -2.29. The Morgan fingerprint density at radius 1 is 0.968 bits per heavy atom. The van der Waals surface area contributed by atoms with Crippen LogP contribution in [0.2, 0.25) is 0 Å². The maximum absolute atomic E-state index is 12.7. The molecule has 0 fully saturated rings. The summed E-state index contributed by atoms with van der Waals surface area (Å²) in [5.41, 5.74) is 1.87. The monoisotopic (exact) mass is 439 g/mol. The molecule has 0 unspecified atom stereocenters. The first-order valence-electron chi connectivity index (χ1n) is 9.35. The van der Waals surface area contributed by atoms with Crippen LogP contribution < -0.4 is 15.6 Å². The second-order valence-electron chi connectivity index (χ2n) is 6.98. The highest BCUT2D eigenvalue weighted by atomic mass is 32.2. The van der Waals surface area contributed by atoms with Gasteiger partial charge in [-0.1, -0.05) is 29.8 Å². The van der Waals surface area contributed by atoms with Crippen LogP contribution >= 0.6 is 0 Å². The van der Waals surface area contributed by atoms with Crippen molar-refractivity contribution in [3.8, 4) is 0 Å². The number of carbonyl (C=O) groups is 2. The molecule has 2 aromatic carbocycles. The van der Waals surface area contributed by atoms with Crippen molar-refractivity contribution in [3.05, 3.63) is 93.9 Å². The van der Waals surface area contributed by atoms with E-state index in [1.54, 1.807) is 12.3 Å². The van der Waals surface area contributed by atoms with Crippen molar-refractivity contribution in [3.63, 3.8) is 0 Å². The highest BCUT2D eigenvalue weighted by Crippen LogP contribution is 2.15. The quantitative estimate of drug-likeness (QED) is 0.612. The molecule has 8 nitrogen and oxygen atoms in total. The van der Waals surface area contributed by atoms with Crippen LogP contribution in [0.1, 0.15) is 28.4 Å². The highest BCUT2D eigenvalue weighted by Gasteiger charge is 2.16. The molecule has 2 N–H and O–H groups in total. The molecule has 0 bridgehead atoms. The second-order valence-corrected chi connectivity index (χ2v) is 8.66. The minimum Gasteiger partial charge on any atom is -0.322 e. The zero-order valence-electron chi connectivity index (χ0n) is 17.0. The molecular weight excluding hydrogens is 418 g/mol. The van der Waals surface area contributed by atoms with E-state index in [-0.39, 0.29) is 10.5 Å². The van der Waals surface area contributed by atoms with Crippen molar-refractivity contribution in [1.29, 1.82) is 0 Å². The van der Waals surface area contributed by atoms with Crippen molar-refractivity contribution in [2.75, 3.05) is 5.32 Å². The van der Waals surface area contributed by atoms with Gasteiger partial charge in [0.2, 0.25) is 5.91 Å². The van der Waals surface area contributed by atoms with Gasteiger partial charge in [-0.2, -0.15) is 0 Å². The van der Waals surface area contributed by atoms with E-state index >= 15 is 0 Å². The van der Waals surface area contributed by atoms with Crippen molar-refractivity contribution >= 4 is 27.5 Å². The Morgan fingerprint density at radius 2 is 1.61 bits per heavy atom. The minimum absolute atomic E-state index is 0.0374. The van der Waals surface area contributed by atoms with Crippen LogP contribution in [0.15, 0.2) is 76.6 Å². The summed E-state index contributed by atoms with van der Waals surface area (Å²) in [6.45, 7) is 3.40. The average molecular weight is 439 g/mol. The zero-order chi connectivity index (χ0) is 22.6. The number of nitrogens with one attached hydrogen (secondary N) is 2. The Labute approximate surface area is 179 Å². The van der Waals surface area contributed by atoms with Crippen LogP contribution in [-0.4, -0.2) is 24.8 Å². The van der Waals surface area contributed by atoms with Gasteiger partial charge in [-0.3, -0.25) is 14.4 Å². The maximum atomic E-state index is 12.7. The van der Waals surface area contributed by atoms with Crippen LogP contribution in [-0.2, 0) is 21.4 Å². The van der Waals surface area contributed by atoms with Gasteiger partial charge in [-0.25, -0.2) is 13.1 Å². The SMILES string of the molecule is CC(=O)NS(=O)(=O)c1ccc(NC(=O)c2cccn(Cc3ccc(C)cc3)c2=O)cc1. The number of aromatic nitrogens is 1. The van der Waals surface area contributed by atoms with E-state index in [2.05, 4.69) is 5.32 Å². The lowest BCUT2D eigenvalue weighted by Gasteiger charge is -2.10. The molecule has 0 atom stereocenters. The average Bonchev–Trinajstić information content (AvgIpc) is 2.70. The molecule has 3 aromatic rings. The van der Waals surface area contributed by atoms with Gasteiger partial charge >= 0.3 is 0 Å². The molecule has 1 heterocycles. The Morgan fingerprint density at radius 3 is 2.23 bits per heavy atom. The third-order valence-corrected chi connectivity index (χ3v) is 5.89. The molecule has 1 aromatic heterocycles. The largest absolute Gasteiger partial charge is 0.322 e. The number of sulfonamides is 1. The topological polar surface area (TPSA) is 114 Å². The minimum atomic E-state index is -3.97. The number of hydrogen-bond acceptors (Lipinski definition) is 5. The fourth-order valence-corrected chi connectivity index (χ4v) is 3.88. The van der Waals surface area contributed by atoms with Crippen molar-refractivity contribution < 1.29 is 18.0 Å². The van der Waals surface area contributed by atoms with E-state index in [1.807, 2.05) is 35.9 Å². The fourth-order valence-electron chi connectivity index (χ4n) is 2.89. The van der Waals surface area contributed by atoms with Gasteiger partial charge in [-0.05, 0) is 48.9 Å². The Hall–Kier alpha value is -3.72. The number of carbonyl (C=O) groups excluding carboxylic acids is 2. The molecule has 160 valence electrons. The Kier molecular flexibility index (Phi) is 6.36. The highest BCUT2D eigenvalue weighted by molar-refractivity contribution is 7.90. The molecule has 9 heteroatoms. The fraction of sp³-hybridized carbons (Fsp3) is 0.136. The number of aryl methyl sites for hydroxylation is 1. The van der Waals surface area contributed by atoms with Crippen molar-refractivity contribution in [2.24, 2.45) is 0 Å². The van der Waals surface area contributed by atoms with Crippen LogP contribution in [0.5, 0.6) is 0 Å². The summed E-state index contributed by atoms with van der Waals surface area (Å²) >= 11 is 0. The van der Waals surface area contributed by atoms with Crippen LogP contribution in [0.25, 0.3) is 0 Å². The number of hydrogen-bond donors (Lipinski definition) is 2. The van der Waals surface area contributed by atoms with Gasteiger partial charge in [-0.15, -0.1) is 0 Å². The van der Waals surface area contributed by atoms with Gasteiger partial charge in [0.05, 0.1) is 11.4 Å². The molecule has 0 aliphatic carbocycles. The van der Waals surface area contributed by atoms with Gasteiger partial charge < -0.3 is 9.88 Å². The molecule has 0 saturated heterocycles. The third-order valence-electron chi connectivity index (χ3n) is 4.44. The number of anilines is 1. The smallest absolute Gasteiger partial charge is 0.264 e. The van der Waals surface area contributed by atoms with E-state index in [9.17, 15) is 22.8 Å². The van der Waals surface area contributed by atoms with Gasteiger partial charge in [0.1, 0.15) is 5.56 Å². The summed E-state index contributed by atoms with van der Waals surface area (Å²) in [7, 11) is -3.97. The number of pyridine rings is 1. The number of amides is 2. The first kappa shape index (κ1) is 22.0. The molecule has 31 heavy (non-hydrogen) atoms. The van der Waals surface area contributed by atoms with Gasteiger partial charge in [0.25, 0.3) is 21.5 Å². The maximum Gasteiger partial charge on any atom is 0.264 e. The van der Waals surface area contributed by atoms with Crippen LogP contribution in [0.4, 0.5) is 5.69 Å². The lowest BCUT2D eigenvalue weighted by molar-refractivity contribution is -0.117. The number of benzene rings is 2. The van der Waals surface area contributed by atoms with E-state index in [0.29, 0.717) is 12.2 Å². The second kappa shape index (κ2) is 8.97. The molecule has 0 radical (unpaired) electrons. The molecule has 2 amide bonds. The molecule has 0 aliphatic heterocycles. The summed E-state index contributed by atoms with van der Waals surface area (Å²) in [4.78, 5) is 36.2. The summed E-state index contributed by atoms with van der Waals surface area (Å²) in [6, 6.07) is 16.0. The standard InChI is InChI=1S/C22H21N3O5S/c1-15-5-7-17(8-6-15)14-25-13-3-4-20(22(25)28)21(27)23-18-9-11-19(12-10-18)31(29,30)24-16(2)26/h3-13H,14H2,1-2H3,(H,23,27)(H,24,26). The summed E-state index contributed by atoms with van der Waals surface area (Å²) in [5.74, 6) is -1.32. The van der Waals surface area contributed by atoms with E-state index in [1.165, 1.54) is 34.9 Å². The summed E-state index contributed by atoms with van der Waals surface area (Å²) in [6.07, 6.45) is 1.61. The first-order valence-corrected chi connectivity index (χ1v) is 10.8. The van der Waals surface area contributed by atoms with Crippen LogP contribution in [0, 0.1) is 6.92 Å². The number of nitrogens with zero attached hydrogens (tertiary/aromatic N) is 1. The first-order chi connectivity index (χ1) is 14.7. The van der Waals surface area contributed by atoms with E-state index in [4.69, 9.17) is 0 Å². The number of rotatable bonds is 6. The molecule has 0 saturated carbocycles. The molecular formula is C22H21N3O5S. The predicted octanol–water partition coefficient (Wildman–Crippen LogP) is 2.28. The Bertz CT molecular complexity index is 1280. The third kappa shape index (κ3) is 5.46. The Balaban J connectivity index is 1.77. The van der Waals surface area contributed by atoms with E-state index in [0.717, 1.165) is 18.1 Å². The predicted molar refractivity (Wildman–Crippen MR) is 116 cm³/mol. The van der Waals surface area contributed by atoms with Crippen molar-refractivity contribution in [1.82, 2.24) is 9.29 Å². The summed E-state index contributed by atoms with van der Waals surface area (Å²) < 4.78 is 27.3. The van der Waals surface area contributed by atoms with E-state index < -0.39 is 27.4 Å². The zero-order valence-corrected chi connectivity index (χ0v) is 17.8. The molecule has 0 spiro atoms. The van der Waals surface area contributed by atoms with Crippen LogP contribution in [0.3, 0.4) is 0 Å². The van der Waals surface area contributed by atoms with Gasteiger partial charge in [0, 0.05) is 18.8 Å². The van der Waals surface area contributed by atoms with Gasteiger partial charge in [0.15, 0.2) is 0 Å². The normalized spacial score (nSPS) is 11.0. The lowest BCUT2D eigenvalue weighted by atomic mass is 10.1. The molecule has 0 aliphatic rings. The summed E-state index contributed by atoms with van der Waals surface area (Å²) in [5, 5.41) is 2.58.